The van der Waals surface area contributed by atoms with Crippen molar-refractivity contribution in [2.45, 2.75) is 0 Å². The van der Waals surface area contributed by atoms with E-state index in [9.17, 15) is 0 Å². The van der Waals surface area contributed by atoms with E-state index in [1.807, 2.05) is 24.5 Å². The minimum atomic E-state index is 0.946. The van der Waals surface area contributed by atoms with Gasteiger partial charge >= 0.3 is 0 Å². The Morgan fingerprint density at radius 2 is 0.804 bits per heavy atom. The molecule has 51 heavy (non-hydrogen) atoms. The van der Waals surface area contributed by atoms with Gasteiger partial charge in [0.05, 0.1) is 22.1 Å². The molecule has 0 fully saturated rings. The van der Waals surface area contributed by atoms with Crippen LogP contribution in [0.25, 0.3) is 93.8 Å². The van der Waals surface area contributed by atoms with Crippen LogP contribution in [0.15, 0.2) is 177 Å². The van der Waals surface area contributed by atoms with Gasteiger partial charge in [-0.3, -0.25) is 0 Å². The molecule has 0 aliphatic rings. The van der Waals surface area contributed by atoms with Crippen LogP contribution >= 0.6 is 0 Å². The fraction of sp³-hybridized carbons (Fsp3) is 0. The molecule has 0 bridgehead atoms. The van der Waals surface area contributed by atoms with Gasteiger partial charge in [0.2, 0.25) is 0 Å². The average molecular weight is 652 g/mol. The van der Waals surface area contributed by atoms with Gasteiger partial charge in [-0.25, -0.2) is 19.9 Å². The minimum absolute atomic E-state index is 0.946. The number of para-hydroxylation sites is 1. The molecule has 5 heteroatoms. The summed E-state index contributed by atoms with van der Waals surface area (Å²) in [5.41, 5.74) is 14.6. The quantitative estimate of drug-likeness (QED) is 0.186. The molecule has 0 amide bonds. The van der Waals surface area contributed by atoms with Crippen molar-refractivity contribution in [3.05, 3.63) is 177 Å². The first-order valence-corrected chi connectivity index (χ1v) is 17.0. The fourth-order valence-corrected chi connectivity index (χ4v) is 7.43. The second-order valence-electron chi connectivity index (χ2n) is 12.8. The van der Waals surface area contributed by atoms with Crippen molar-refractivity contribution in [2.24, 2.45) is 0 Å². The summed E-state index contributed by atoms with van der Waals surface area (Å²) in [6.07, 6.45) is 6.99. The van der Waals surface area contributed by atoms with Crippen LogP contribution in [0, 0.1) is 0 Å². The highest BCUT2D eigenvalue weighted by atomic mass is 15.0. The van der Waals surface area contributed by atoms with Crippen molar-refractivity contribution in [1.29, 1.82) is 0 Å². The number of fused-ring (bicyclic) bond motifs is 5. The minimum Gasteiger partial charge on any atom is -0.309 e. The second-order valence-corrected chi connectivity index (χ2v) is 12.8. The molecule has 10 rings (SSSR count). The Bertz CT molecular complexity index is 2700. The summed E-state index contributed by atoms with van der Waals surface area (Å²) in [6.45, 7) is 0. The van der Waals surface area contributed by atoms with Crippen molar-refractivity contribution in [3.8, 4) is 50.2 Å². The van der Waals surface area contributed by atoms with Crippen molar-refractivity contribution < 1.29 is 0 Å². The SMILES string of the molecule is c1ccc(-n2c3ccc(-c4ccc(-c5cccc6ncncc56)cc4)cc3c3cc(-c4ccc(-c5cccc6ncncc56)cc4)ccc32)cc1. The van der Waals surface area contributed by atoms with Gasteiger partial charge in [0.1, 0.15) is 12.7 Å². The zero-order valence-electron chi connectivity index (χ0n) is 27.5. The summed E-state index contributed by atoms with van der Waals surface area (Å²) in [4.78, 5) is 17.4. The van der Waals surface area contributed by atoms with Gasteiger partial charge in [-0.15, -0.1) is 0 Å². The third-order valence-electron chi connectivity index (χ3n) is 9.94. The van der Waals surface area contributed by atoms with Crippen LogP contribution in [0.1, 0.15) is 0 Å². The van der Waals surface area contributed by atoms with Crippen molar-refractivity contribution in [1.82, 2.24) is 24.5 Å². The Morgan fingerprint density at radius 1 is 0.353 bits per heavy atom. The first kappa shape index (κ1) is 29.0. The first-order valence-electron chi connectivity index (χ1n) is 17.0. The number of hydrogen-bond donors (Lipinski definition) is 0. The van der Waals surface area contributed by atoms with Crippen LogP contribution in [0.5, 0.6) is 0 Å². The lowest BCUT2D eigenvalue weighted by Gasteiger charge is -2.09. The third kappa shape index (κ3) is 4.94. The number of hydrogen-bond acceptors (Lipinski definition) is 4. The summed E-state index contributed by atoms with van der Waals surface area (Å²) < 4.78 is 2.37. The van der Waals surface area contributed by atoms with Crippen LogP contribution in [0.3, 0.4) is 0 Å². The van der Waals surface area contributed by atoms with Crippen LogP contribution in [-0.4, -0.2) is 24.5 Å². The van der Waals surface area contributed by atoms with Gasteiger partial charge in [0.15, 0.2) is 0 Å². The van der Waals surface area contributed by atoms with Crippen molar-refractivity contribution in [3.63, 3.8) is 0 Å². The Labute approximate surface area is 294 Å². The number of nitrogens with zero attached hydrogens (tertiary/aromatic N) is 5. The lowest BCUT2D eigenvalue weighted by Crippen LogP contribution is -1.93. The maximum atomic E-state index is 4.44. The van der Waals surface area contributed by atoms with Gasteiger partial charge in [0, 0.05) is 39.6 Å². The van der Waals surface area contributed by atoms with Gasteiger partial charge in [-0.05, 0) is 93.0 Å². The average Bonchev–Trinajstić information content (AvgIpc) is 3.54. The molecular weight excluding hydrogens is 623 g/mol. The Hall–Kier alpha value is -6.98. The molecule has 0 aliphatic carbocycles. The van der Waals surface area contributed by atoms with Crippen molar-refractivity contribution in [2.75, 3.05) is 0 Å². The monoisotopic (exact) mass is 651 g/mol. The molecule has 0 saturated heterocycles. The third-order valence-corrected chi connectivity index (χ3v) is 9.94. The van der Waals surface area contributed by atoms with Crippen LogP contribution in [-0.2, 0) is 0 Å². The highest BCUT2D eigenvalue weighted by molar-refractivity contribution is 6.11. The molecule has 238 valence electrons. The van der Waals surface area contributed by atoms with Crippen molar-refractivity contribution >= 4 is 43.6 Å². The molecule has 3 aromatic heterocycles. The maximum Gasteiger partial charge on any atom is 0.116 e. The molecule has 0 saturated carbocycles. The summed E-state index contributed by atoms with van der Waals surface area (Å²) >= 11 is 0. The molecule has 5 nitrogen and oxygen atoms in total. The molecule has 0 aliphatic heterocycles. The van der Waals surface area contributed by atoms with Gasteiger partial charge in [-0.2, -0.15) is 0 Å². The lowest BCUT2D eigenvalue weighted by molar-refractivity contribution is 1.18. The Kier molecular flexibility index (Phi) is 6.74. The normalized spacial score (nSPS) is 11.5. The highest BCUT2D eigenvalue weighted by Gasteiger charge is 2.15. The smallest absolute Gasteiger partial charge is 0.116 e. The topological polar surface area (TPSA) is 56.5 Å². The van der Waals surface area contributed by atoms with Gasteiger partial charge in [0.25, 0.3) is 0 Å². The van der Waals surface area contributed by atoms with E-state index in [1.54, 1.807) is 12.7 Å². The van der Waals surface area contributed by atoms with Gasteiger partial charge in [-0.1, -0.05) is 103 Å². The molecule has 0 unspecified atom stereocenters. The summed E-state index contributed by atoms with van der Waals surface area (Å²) in [5.74, 6) is 0. The molecule has 10 aromatic rings. The number of rotatable bonds is 5. The van der Waals surface area contributed by atoms with E-state index in [0.717, 1.165) is 49.7 Å². The summed E-state index contributed by atoms with van der Waals surface area (Å²) in [7, 11) is 0. The number of benzene rings is 7. The van der Waals surface area contributed by atoms with Crippen LogP contribution < -0.4 is 0 Å². The molecule has 0 N–H and O–H groups in total. The Morgan fingerprint density at radius 3 is 1.29 bits per heavy atom. The summed E-state index contributed by atoms with van der Waals surface area (Å²) in [6, 6.07) is 54.4. The highest BCUT2D eigenvalue weighted by Crippen LogP contribution is 2.38. The van der Waals surface area contributed by atoms with E-state index in [2.05, 4.69) is 164 Å². The molecule has 7 aromatic carbocycles. The zero-order valence-corrected chi connectivity index (χ0v) is 27.5. The maximum absolute atomic E-state index is 4.44. The van der Waals surface area contributed by atoms with Crippen LogP contribution in [0.4, 0.5) is 0 Å². The number of aromatic nitrogens is 5. The molecule has 0 spiro atoms. The van der Waals surface area contributed by atoms with E-state index in [1.165, 1.54) is 44.1 Å². The van der Waals surface area contributed by atoms with E-state index in [-0.39, 0.29) is 0 Å². The van der Waals surface area contributed by atoms with Gasteiger partial charge < -0.3 is 4.57 Å². The van der Waals surface area contributed by atoms with E-state index in [0.29, 0.717) is 0 Å². The van der Waals surface area contributed by atoms with E-state index < -0.39 is 0 Å². The standard InChI is InChI=1S/C46H29N5/c1-2-6-36(7-3-1)51-45-22-20-34(30-12-16-32(17-13-30)37-8-4-10-43-41(37)26-47-28-49-43)24-39(45)40-25-35(21-23-46(40)51)31-14-18-33(19-15-31)38-9-5-11-44-42(38)27-48-29-50-44/h1-29H. The van der Waals surface area contributed by atoms with E-state index >= 15 is 0 Å². The molecule has 0 atom stereocenters. The Balaban J connectivity index is 1.07. The molecule has 0 radical (unpaired) electrons. The predicted molar refractivity (Wildman–Crippen MR) is 209 cm³/mol. The largest absolute Gasteiger partial charge is 0.309 e. The zero-order chi connectivity index (χ0) is 33.7. The summed E-state index contributed by atoms with van der Waals surface area (Å²) in [5, 5.41) is 4.54. The molecular formula is C46H29N5. The first-order chi connectivity index (χ1) is 25.3. The predicted octanol–water partition coefficient (Wildman–Crippen LogP) is 11.3. The van der Waals surface area contributed by atoms with Crippen LogP contribution in [0.2, 0.25) is 0 Å². The second kappa shape index (κ2) is 11.9. The fourth-order valence-electron chi connectivity index (χ4n) is 7.43. The molecule has 3 heterocycles. The lowest BCUT2D eigenvalue weighted by atomic mass is 9.96. The van der Waals surface area contributed by atoms with E-state index in [4.69, 9.17) is 0 Å².